The number of methoxy groups -OCH3 is 1. The number of aromatic nitrogens is 1. The third-order valence-corrected chi connectivity index (χ3v) is 4.34. The fraction of sp³-hybridized carbons (Fsp3) is 0.300. The number of fused-ring (bicyclic) bond motifs is 1. The first-order chi connectivity index (χ1) is 13.0. The van der Waals surface area contributed by atoms with E-state index in [4.69, 9.17) is 14.2 Å². The number of ether oxygens (including phenoxy) is 3. The molecular weight excluding hydrogens is 346 g/mol. The van der Waals surface area contributed by atoms with Gasteiger partial charge in [-0.2, -0.15) is 5.26 Å². The smallest absolute Gasteiger partial charge is 0.262 e. The standard InChI is InChI=1S/C20H21N3O4/c1-13-8-15(9-16(11-21)20(24)22-6-7-25-3)14(2)23(13)17-4-5-18-19(10-17)27-12-26-18/h4-5,8-10H,6-7,12H2,1-3H3,(H,22,24)/b16-9+. The Bertz CT molecular complexity index is 937. The molecule has 140 valence electrons. The number of nitriles is 1. The van der Waals surface area contributed by atoms with E-state index < -0.39 is 5.91 Å². The maximum atomic E-state index is 12.2. The van der Waals surface area contributed by atoms with E-state index in [1.54, 1.807) is 13.2 Å². The van der Waals surface area contributed by atoms with Crippen LogP contribution in [0, 0.1) is 25.2 Å². The molecule has 0 aliphatic carbocycles. The van der Waals surface area contributed by atoms with E-state index in [2.05, 4.69) is 5.32 Å². The van der Waals surface area contributed by atoms with E-state index in [1.807, 2.05) is 48.7 Å². The Morgan fingerprint density at radius 1 is 1.33 bits per heavy atom. The second-order valence-electron chi connectivity index (χ2n) is 6.12. The molecule has 7 nitrogen and oxygen atoms in total. The zero-order chi connectivity index (χ0) is 19.4. The van der Waals surface area contributed by atoms with Crippen molar-refractivity contribution >= 4 is 12.0 Å². The minimum absolute atomic E-state index is 0.0528. The van der Waals surface area contributed by atoms with Crippen LogP contribution in [0.2, 0.25) is 0 Å². The van der Waals surface area contributed by atoms with Crippen molar-refractivity contribution in [1.82, 2.24) is 9.88 Å². The van der Waals surface area contributed by atoms with Crippen molar-refractivity contribution in [1.29, 1.82) is 5.26 Å². The normalized spacial score (nSPS) is 12.7. The molecule has 1 aromatic heterocycles. The average Bonchev–Trinajstić information content (AvgIpc) is 3.23. The summed E-state index contributed by atoms with van der Waals surface area (Å²) in [6.45, 7) is 4.88. The summed E-state index contributed by atoms with van der Waals surface area (Å²) in [4.78, 5) is 12.2. The zero-order valence-corrected chi connectivity index (χ0v) is 15.5. The van der Waals surface area contributed by atoms with Gasteiger partial charge in [0.15, 0.2) is 11.5 Å². The molecule has 0 spiro atoms. The maximum Gasteiger partial charge on any atom is 0.262 e. The SMILES string of the molecule is COCCNC(=O)/C(C#N)=C/c1cc(C)n(-c2ccc3c(c2)OCO3)c1C. The van der Waals surface area contributed by atoms with Crippen LogP contribution in [0.15, 0.2) is 29.8 Å². The Hall–Kier alpha value is -3.24. The number of carbonyl (C=O) groups is 1. The van der Waals surface area contributed by atoms with Crippen LogP contribution in [-0.2, 0) is 9.53 Å². The molecule has 0 saturated heterocycles. The number of carbonyl (C=O) groups excluding carboxylic acids is 1. The van der Waals surface area contributed by atoms with Crippen molar-refractivity contribution in [3.8, 4) is 23.3 Å². The lowest BCUT2D eigenvalue weighted by molar-refractivity contribution is -0.117. The predicted octanol–water partition coefficient (Wildman–Crippen LogP) is 2.49. The highest BCUT2D eigenvalue weighted by Crippen LogP contribution is 2.35. The van der Waals surface area contributed by atoms with Crippen LogP contribution < -0.4 is 14.8 Å². The lowest BCUT2D eigenvalue weighted by Crippen LogP contribution is -2.27. The highest BCUT2D eigenvalue weighted by molar-refractivity contribution is 6.01. The fourth-order valence-corrected chi connectivity index (χ4v) is 3.02. The van der Waals surface area contributed by atoms with E-state index in [1.165, 1.54) is 0 Å². The summed E-state index contributed by atoms with van der Waals surface area (Å²) in [5.74, 6) is 1.01. The molecule has 7 heteroatoms. The predicted molar refractivity (Wildman–Crippen MR) is 99.8 cm³/mol. The van der Waals surface area contributed by atoms with Crippen LogP contribution in [0.3, 0.4) is 0 Å². The van der Waals surface area contributed by atoms with Gasteiger partial charge in [-0.25, -0.2) is 0 Å². The van der Waals surface area contributed by atoms with Crippen molar-refractivity contribution in [3.63, 3.8) is 0 Å². The quantitative estimate of drug-likeness (QED) is 0.482. The van der Waals surface area contributed by atoms with Gasteiger partial charge in [0.05, 0.1) is 6.61 Å². The van der Waals surface area contributed by atoms with Crippen LogP contribution in [-0.4, -0.2) is 37.5 Å². The van der Waals surface area contributed by atoms with Crippen LogP contribution in [0.5, 0.6) is 11.5 Å². The average molecular weight is 367 g/mol. The molecule has 2 aromatic rings. The Morgan fingerprint density at radius 3 is 2.85 bits per heavy atom. The molecule has 1 amide bonds. The van der Waals surface area contributed by atoms with E-state index >= 15 is 0 Å². The second kappa shape index (κ2) is 7.98. The van der Waals surface area contributed by atoms with Crippen molar-refractivity contribution in [2.75, 3.05) is 27.1 Å². The molecule has 0 bridgehead atoms. The van der Waals surface area contributed by atoms with Crippen LogP contribution in [0.1, 0.15) is 17.0 Å². The van der Waals surface area contributed by atoms with E-state index in [0.717, 1.165) is 28.4 Å². The van der Waals surface area contributed by atoms with Crippen LogP contribution >= 0.6 is 0 Å². The Kier molecular flexibility index (Phi) is 5.48. The minimum Gasteiger partial charge on any atom is -0.454 e. The molecule has 0 unspecified atom stereocenters. The summed E-state index contributed by atoms with van der Waals surface area (Å²) >= 11 is 0. The number of amides is 1. The highest BCUT2D eigenvalue weighted by atomic mass is 16.7. The molecule has 1 aromatic carbocycles. The summed E-state index contributed by atoms with van der Waals surface area (Å²) in [7, 11) is 1.55. The molecule has 3 rings (SSSR count). The van der Waals surface area contributed by atoms with Gasteiger partial charge in [0.2, 0.25) is 6.79 Å². The molecular formula is C20H21N3O4. The zero-order valence-electron chi connectivity index (χ0n) is 15.5. The Labute approximate surface area is 157 Å². The number of nitrogens with zero attached hydrogens (tertiary/aromatic N) is 2. The lowest BCUT2D eigenvalue weighted by atomic mass is 10.1. The number of benzene rings is 1. The number of rotatable bonds is 6. The molecule has 0 saturated carbocycles. The second-order valence-corrected chi connectivity index (χ2v) is 6.12. The van der Waals surface area contributed by atoms with Crippen LogP contribution in [0.4, 0.5) is 0 Å². The van der Waals surface area contributed by atoms with Gasteiger partial charge in [-0.1, -0.05) is 0 Å². The van der Waals surface area contributed by atoms with Crippen LogP contribution in [0.25, 0.3) is 11.8 Å². The molecule has 1 aliphatic rings. The molecule has 0 fully saturated rings. The van der Waals surface area contributed by atoms with Gasteiger partial charge in [-0.15, -0.1) is 0 Å². The molecule has 2 heterocycles. The van der Waals surface area contributed by atoms with E-state index in [9.17, 15) is 10.1 Å². The first kappa shape index (κ1) is 18.5. The number of hydrogen-bond acceptors (Lipinski definition) is 5. The first-order valence-corrected chi connectivity index (χ1v) is 8.53. The Morgan fingerprint density at radius 2 is 2.11 bits per heavy atom. The molecule has 27 heavy (non-hydrogen) atoms. The third kappa shape index (κ3) is 3.81. The van der Waals surface area contributed by atoms with E-state index in [-0.39, 0.29) is 12.4 Å². The maximum absolute atomic E-state index is 12.2. The van der Waals surface area contributed by atoms with Gasteiger partial charge in [-0.3, -0.25) is 4.79 Å². The summed E-state index contributed by atoms with van der Waals surface area (Å²) < 4.78 is 17.8. The molecule has 1 aliphatic heterocycles. The largest absolute Gasteiger partial charge is 0.454 e. The van der Waals surface area contributed by atoms with Crippen molar-refractivity contribution in [2.24, 2.45) is 0 Å². The fourth-order valence-electron chi connectivity index (χ4n) is 3.02. The number of hydrogen-bond donors (Lipinski definition) is 1. The summed E-state index contributed by atoms with van der Waals surface area (Å²) in [5, 5.41) is 12.0. The highest BCUT2D eigenvalue weighted by Gasteiger charge is 2.17. The Balaban J connectivity index is 1.91. The topological polar surface area (TPSA) is 85.5 Å². The molecule has 1 N–H and O–H groups in total. The summed E-state index contributed by atoms with van der Waals surface area (Å²) in [6.07, 6.45) is 1.61. The number of nitrogens with one attached hydrogen (secondary N) is 1. The number of aryl methyl sites for hydroxylation is 1. The minimum atomic E-state index is -0.414. The molecule has 0 radical (unpaired) electrons. The molecule has 0 atom stereocenters. The summed E-state index contributed by atoms with van der Waals surface area (Å²) in [6, 6.07) is 9.65. The van der Waals surface area contributed by atoms with Gasteiger partial charge in [0, 0.05) is 36.8 Å². The summed E-state index contributed by atoms with van der Waals surface area (Å²) in [5.41, 5.74) is 3.69. The van der Waals surface area contributed by atoms with Crippen molar-refractivity contribution in [3.05, 3.63) is 46.8 Å². The van der Waals surface area contributed by atoms with Gasteiger partial charge >= 0.3 is 0 Å². The van der Waals surface area contributed by atoms with Gasteiger partial charge in [0.1, 0.15) is 11.6 Å². The third-order valence-electron chi connectivity index (χ3n) is 4.34. The van der Waals surface area contributed by atoms with Gasteiger partial charge < -0.3 is 24.1 Å². The van der Waals surface area contributed by atoms with E-state index in [0.29, 0.717) is 18.9 Å². The van der Waals surface area contributed by atoms with Gasteiger partial charge in [0.25, 0.3) is 5.91 Å². The lowest BCUT2D eigenvalue weighted by Gasteiger charge is -2.10. The monoisotopic (exact) mass is 367 g/mol. The van der Waals surface area contributed by atoms with Crippen molar-refractivity contribution < 1.29 is 19.0 Å². The van der Waals surface area contributed by atoms with Gasteiger partial charge in [-0.05, 0) is 43.7 Å². The first-order valence-electron chi connectivity index (χ1n) is 8.53. The van der Waals surface area contributed by atoms with Crippen molar-refractivity contribution in [2.45, 2.75) is 13.8 Å².